The Morgan fingerprint density at radius 1 is 1.23 bits per heavy atom. The Bertz CT molecular complexity index is 800. The van der Waals surface area contributed by atoms with Gasteiger partial charge < -0.3 is 9.80 Å². The van der Waals surface area contributed by atoms with Gasteiger partial charge in [-0.15, -0.1) is 0 Å². The van der Waals surface area contributed by atoms with Gasteiger partial charge >= 0.3 is 6.18 Å². The summed E-state index contributed by atoms with van der Waals surface area (Å²) in [4.78, 5) is 4.75. The van der Waals surface area contributed by atoms with E-state index in [4.69, 9.17) is 0 Å². The van der Waals surface area contributed by atoms with Crippen LogP contribution >= 0.6 is 0 Å². The van der Waals surface area contributed by atoms with E-state index in [-0.39, 0.29) is 0 Å². The molecule has 2 aromatic rings. The van der Waals surface area contributed by atoms with Crippen LogP contribution in [-0.2, 0) is 19.1 Å². The van der Waals surface area contributed by atoms with Gasteiger partial charge in [0.2, 0.25) is 0 Å². The van der Waals surface area contributed by atoms with Gasteiger partial charge in [0.25, 0.3) is 0 Å². The second-order valence-electron chi connectivity index (χ2n) is 8.88. The molecule has 0 saturated carbocycles. The standard InChI is InChI=1S/C23H33F3N4/c1-18(2)30-17-21(13-27-30)15-28(3)14-20-7-5-10-29(16-20)11-9-19-6-4-8-22(12-19)23(24,25)26/h4,6,8,12-13,17-18,20H,5,7,9-11,14-16H2,1-3H3. The molecule has 3 rings (SSSR count). The minimum absolute atomic E-state index is 0.368. The molecule has 1 aromatic carbocycles. The zero-order valence-electron chi connectivity index (χ0n) is 18.2. The number of nitrogens with zero attached hydrogens (tertiary/aromatic N) is 4. The number of hydrogen-bond acceptors (Lipinski definition) is 3. The van der Waals surface area contributed by atoms with Gasteiger partial charge in [0, 0.05) is 44.0 Å². The molecule has 0 spiro atoms. The number of hydrogen-bond donors (Lipinski definition) is 0. The quantitative estimate of drug-likeness (QED) is 0.607. The summed E-state index contributed by atoms with van der Waals surface area (Å²) in [6, 6.07) is 6.09. The van der Waals surface area contributed by atoms with Crippen LogP contribution in [0, 0.1) is 5.92 Å². The van der Waals surface area contributed by atoms with E-state index in [1.165, 1.54) is 24.1 Å². The van der Waals surface area contributed by atoms with Crippen LogP contribution in [0.1, 0.15) is 49.4 Å². The first-order valence-corrected chi connectivity index (χ1v) is 10.8. The van der Waals surface area contributed by atoms with Crippen molar-refractivity contribution in [3.8, 4) is 0 Å². The number of alkyl halides is 3. The molecule has 4 nitrogen and oxygen atoms in total. The summed E-state index contributed by atoms with van der Waals surface area (Å²) in [5.74, 6) is 0.588. The third kappa shape index (κ3) is 6.57. The molecule has 1 fully saturated rings. The Kier molecular flexibility index (Phi) is 7.58. The molecule has 0 aliphatic carbocycles. The number of likely N-dealkylation sites (tertiary alicyclic amines) is 1. The van der Waals surface area contributed by atoms with Gasteiger partial charge in [-0.05, 0) is 64.3 Å². The van der Waals surface area contributed by atoms with E-state index in [2.05, 4.69) is 42.0 Å². The lowest BCUT2D eigenvalue weighted by Gasteiger charge is -2.34. The molecule has 1 saturated heterocycles. The molecule has 7 heteroatoms. The first-order valence-electron chi connectivity index (χ1n) is 10.8. The van der Waals surface area contributed by atoms with E-state index in [0.29, 0.717) is 18.4 Å². The fourth-order valence-corrected chi connectivity index (χ4v) is 4.25. The first kappa shape index (κ1) is 22.8. The highest BCUT2D eigenvalue weighted by Gasteiger charge is 2.30. The topological polar surface area (TPSA) is 24.3 Å². The fourth-order valence-electron chi connectivity index (χ4n) is 4.25. The molecule has 0 radical (unpaired) electrons. The Morgan fingerprint density at radius 3 is 2.73 bits per heavy atom. The number of piperidine rings is 1. The predicted molar refractivity (Wildman–Crippen MR) is 113 cm³/mol. The number of benzene rings is 1. The van der Waals surface area contributed by atoms with E-state index in [1.54, 1.807) is 6.07 Å². The van der Waals surface area contributed by atoms with Crippen LogP contribution in [0.4, 0.5) is 13.2 Å². The van der Waals surface area contributed by atoms with Crippen LogP contribution < -0.4 is 0 Å². The number of aromatic nitrogens is 2. The summed E-state index contributed by atoms with van der Waals surface area (Å²) < 4.78 is 40.7. The van der Waals surface area contributed by atoms with Crippen molar-refractivity contribution in [3.63, 3.8) is 0 Å². The minimum atomic E-state index is -4.28. The van der Waals surface area contributed by atoms with Gasteiger partial charge in [-0.1, -0.05) is 18.2 Å². The van der Waals surface area contributed by atoms with Gasteiger partial charge in [-0.25, -0.2) is 0 Å². The molecule has 0 amide bonds. The molecular weight excluding hydrogens is 389 g/mol. The summed E-state index contributed by atoms with van der Waals surface area (Å²) in [5, 5.41) is 4.41. The lowest BCUT2D eigenvalue weighted by atomic mass is 9.97. The monoisotopic (exact) mass is 422 g/mol. The van der Waals surface area contributed by atoms with E-state index >= 15 is 0 Å². The summed E-state index contributed by atoms with van der Waals surface area (Å²) >= 11 is 0. The summed E-state index contributed by atoms with van der Waals surface area (Å²) in [7, 11) is 2.15. The van der Waals surface area contributed by atoms with Crippen LogP contribution in [0.5, 0.6) is 0 Å². The number of rotatable bonds is 8. The van der Waals surface area contributed by atoms with Crippen molar-refractivity contribution in [3.05, 3.63) is 53.3 Å². The minimum Gasteiger partial charge on any atom is -0.303 e. The summed E-state index contributed by atoms with van der Waals surface area (Å²) in [5.41, 5.74) is 1.42. The molecule has 1 unspecified atom stereocenters. The second-order valence-corrected chi connectivity index (χ2v) is 8.88. The highest BCUT2D eigenvalue weighted by Crippen LogP contribution is 2.29. The summed E-state index contributed by atoms with van der Waals surface area (Å²) in [6.07, 6.45) is 2.79. The highest BCUT2D eigenvalue weighted by atomic mass is 19.4. The van der Waals surface area contributed by atoms with E-state index in [1.807, 2.05) is 10.9 Å². The van der Waals surface area contributed by atoms with Crippen molar-refractivity contribution in [1.29, 1.82) is 0 Å². The lowest BCUT2D eigenvalue weighted by molar-refractivity contribution is -0.137. The molecule has 2 heterocycles. The van der Waals surface area contributed by atoms with Crippen LogP contribution in [0.3, 0.4) is 0 Å². The average molecular weight is 423 g/mol. The SMILES string of the molecule is CC(C)n1cc(CN(C)CC2CCCN(CCc3cccc(C(F)(F)F)c3)C2)cn1. The Hall–Kier alpha value is -1.86. The maximum absolute atomic E-state index is 12.9. The Morgan fingerprint density at radius 2 is 2.03 bits per heavy atom. The molecule has 0 N–H and O–H groups in total. The van der Waals surface area contributed by atoms with Crippen molar-refractivity contribution in [2.24, 2.45) is 5.92 Å². The maximum Gasteiger partial charge on any atom is 0.416 e. The molecule has 1 atom stereocenters. The van der Waals surface area contributed by atoms with Crippen molar-refractivity contribution in [2.75, 3.05) is 33.2 Å². The lowest BCUT2D eigenvalue weighted by Crippen LogP contribution is -2.40. The van der Waals surface area contributed by atoms with Crippen molar-refractivity contribution >= 4 is 0 Å². The van der Waals surface area contributed by atoms with E-state index in [9.17, 15) is 13.2 Å². The van der Waals surface area contributed by atoms with Crippen molar-refractivity contribution in [1.82, 2.24) is 19.6 Å². The van der Waals surface area contributed by atoms with Crippen molar-refractivity contribution in [2.45, 2.75) is 51.9 Å². The molecule has 1 aliphatic heterocycles. The maximum atomic E-state index is 12.9. The Labute approximate surface area is 177 Å². The highest BCUT2D eigenvalue weighted by molar-refractivity contribution is 5.25. The van der Waals surface area contributed by atoms with Gasteiger partial charge in [0.05, 0.1) is 11.8 Å². The summed E-state index contributed by atoms with van der Waals surface area (Å²) in [6.45, 7) is 8.99. The third-order valence-corrected chi connectivity index (χ3v) is 5.78. The van der Waals surface area contributed by atoms with Crippen LogP contribution in [0.15, 0.2) is 36.7 Å². The molecule has 30 heavy (non-hydrogen) atoms. The third-order valence-electron chi connectivity index (χ3n) is 5.78. The fraction of sp³-hybridized carbons (Fsp3) is 0.609. The molecular formula is C23H33F3N4. The van der Waals surface area contributed by atoms with E-state index < -0.39 is 11.7 Å². The number of halogens is 3. The normalized spacial score (nSPS) is 18.5. The molecule has 166 valence electrons. The van der Waals surface area contributed by atoms with Crippen molar-refractivity contribution < 1.29 is 13.2 Å². The van der Waals surface area contributed by atoms with Gasteiger partial charge in [-0.2, -0.15) is 18.3 Å². The van der Waals surface area contributed by atoms with Crippen LogP contribution in [-0.4, -0.2) is 52.8 Å². The van der Waals surface area contributed by atoms with Gasteiger partial charge in [0.1, 0.15) is 0 Å². The van der Waals surface area contributed by atoms with Crippen LogP contribution in [0.2, 0.25) is 0 Å². The Balaban J connectivity index is 1.47. The average Bonchev–Trinajstić information content (AvgIpc) is 3.15. The smallest absolute Gasteiger partial charge is 0.303 e. The van der Waals surface area contributed by atoms with Gasteiger partial charge in [-0.3, -0.25) is 4.68 Å². The molecule has 0 bridgehead atoms. The second kappa shape index (κ2) is 9.96. The largest absolute Gasteiger partial charge is 0.416 e. The zero-order chi connectivity index (χ0) is 21.7. The van der Waals surface area contributed by atoms with Gasteiger partial charge in [0.15, 0.2) is 0 Å². The van der Waals surface area contributed by atoms with E-state index in [0.717, 1.165) is 50.8 Å². The molecule has 1 aliphatic rings. The molecule has 1 aromatic heterocycles. The van der Waals surface area contributed by atoms with Crippen LogP contribution in [0.25, 0.3) is 0 Å². The predicted octanol–water partition coefficient (Wildman–Crippen LogP) is 4.87. The first-order chi connectivity index (χ1) is 14.2. The zero-order valence-corrected chi connectivity index (χ0v) is 18.2.